The molecule has 0 unspecified atom stereocenters. The van der Waals surface area contributed by atoms with Crippen molar-refractivity contribution in [3.8, 4) is 0 Å². The fraction of sp³-hybridized carbons (Fsp3) is 1.00. The van der Waals surface area contributed by atoms with E-state index in [0.717, 1.165) is 12.0 Å². The Bertz CT molecular complexity index is 105. The monoisotopic (exact) mass is 167 g/mol. The van der Waals surface area contributed by atoms with Gasteiger partial charge in [0.25, 0.3) is 0 Å². The SMILES string of the molecule is C1CCC([C@H]2CCCCN2)CC1. The summed E-state index contributed by atoms with van der Waals surface area (Å²) in [5.74, 6) is 1.03. The second-order valence-electron chi connectivity index (χ2n) is 4.45. The van der Waals surface area contributed by atoms with Gasteiger partial charge in [-0.2, -0.15) is 0 Å². The van der Waals surface area contributed by atoms with Crippen LogP contribution >= 0.6 is 0 Å². The van der Waals surface area contributed by atoms with Crippen LogP contribution in [0.2, 0.25) is 0 Å². The minimum atomic E-state index is 0.888. The van der Waals surface area contributed by atoms with E-state index in [4.69, 9.17) is 0 Å². The van der Waals surface area contributed by atoms with Gasteiger partial charge in [-0.3, -0.25) is 0 Å². The van der Waals surface area contributed by atoms with E-state index >= 15 is 0 Å². The van der Waals surface area contributed by atoms with Crippen molar-refractivity contribution in [2.75, 3.05) is 6.54 Å². The molecule has 70 valence electrons. The van der Waals surface area contributed by atoms with Gasteiger partial charge in [0.15, 0.2) is 0 Å². The van der Waals surface area contributed by atoms with Crippen molar-refractivity contribution in [1.82, 2.24) is 5.32 Å². The van der Waals surface area contributed by atoms with Crippen LogP contribution in [0.5, 0.6) is 0 Å². The molecular weight excluding hydrogens is 146 g/mol. The van der Waals surface area contributed by atoms with E-state index in [1.807, 2.05) is 0 Å². The molecule has 1 aliphatic carbocycles. The van der Waals surface area contributed by atoms with Crippen molar-refractivity contribution >= 4 is 0 Å². The van der Waals surface area contributed by atoms with Crippen LogP contribution in [0.1, 0.15) is 51.4 Å². The molecular formula is C11H21N. The quantitative estimate of drug-likeness (QED) is 0.633. The van der Waals surface area contributed by atoms with Gasteiger partial charge in [0.2, 0.25) is 0 Å². The van der Waals surface area contributed by atoms with Gasteiger partial charge in [-0.1, -0.05) is 25.7 Å². The average Bonchev–Trinajstić information content (AvgIpc) is 2.21. The third-order valence-corrected chi connectivity index (χ3v) is 3.57. The molecule has 2 rings (SSSR count). The first-order valence-electron chi connectivity index (χ1n) is 5.70. The molecule has 0 bridgehead atoms. The van der Waals surface area contributed by atoms with E-state index in [9.17, 15) is 0 Å². The highest BCUT2D eigenvalue weighted by atomic mass is 14.9. The Morgan fingerprint density at radius 3 is 2.17 bits per heavy atom. The Hall–Kier alpha value is -0.0400. The molecule has 0 amide bonds. The summed E-state index contributed by atoms with van der Waals surface area (Å²) in [7, 11) is 0. The minimum absolute atomic E-state index is 0.888. The van der Waals surface area contributed by atoms with Crippen molar-refractivity contribution in [2.24, 2.45) is 5.92 Å². The molecule has 12 heavy (non-hydrogen) atoms. The van der Waals surface area contributed by atoms with Crippen LogP contribution in [-0.4, -0.2) is 12.6 Å². The maximum absolute atomic E-state index is 3.69. The van der Waals surface area contributed by atoms with Gasteiger partial charge in [-0.25, -0.2) is 0 Å². The van der Waals surface area contributed by atoms with Crippen molar-refractivity contribution in [2.45, 2.75) is 57.4 Å². The molecule has 0 aromatic heterocycles. The molecule has 0 spiro atoms. The van der Waals surface area contributed by atoms with E-state index in [0.29, 0.717) is 0 Å². The standard InChI is InChI=1S/C11H21N/c1-2-6-10(7-3-1)11-8-4-5-9-12-11/h10-12H,1-9H2/t11-/m1/s1. The summed E-state index contributed by atoms with van der Waals surface area (Å²) in [6, 6.07) is 0.888. The Kier molecular flexibility index (Phi) is 3.04. The first kappa shape index (κ1) is 8.55. The maximum atomic E-state index is 3.69. The van der Waals surface area contributed by atoms with Gasteiger partial charge in [0.1, 0.15) is 0 Å². The Morgan fingerprint density at radius 1 is 0.750 bits per heavy atom. The van der Waals surface area contributed by atoms with E-state index in [1.54, 1.807) is 0 Å². The summed E-state index contributed by atoms with van der Waals surface area (Å²) in [6.45, 7) is 1.28. The minimum Gasteiger partial charge on any atom is -0.314 e. The molecule has 1 nitrogen and oxygen atoms in total. The molecule has 2 aliphatic rings. The number of hydrogen-bond donors (Lipinski definition) is 1. The van der Waals surface area contributed by atoms with Crippen LogP contribution in [0.25, 0.3) is 0 Å². The Balaban J connectivity index is 1.80. The topological polar surface area (TPSA) is 12.0 Å². The molecule has 0 aromatic carbocycles. The second-order valence-corrected chi connectivity index (χ2v) is 4.45. The summed E-state index contributed by atoms with van der Waals surface area (Å²) in [5.41, 5.74) is 0. The molecule has 1 N–H and O–H groups in total. The van der Waals surface area contributed by atoms with Crippen LogP contribution in [0.3, 0.4) is 0 Å². The van der Waals surface area contributed by atoms with Crippen molar-refractivity contribution in [1.29, 1.82) is 0 Å². The Morgan fingerprint density at radius 2 is 1.50 bits per heavy atom. The number of piperidine rings is 1. The highest BCUT2D eigenvalue weighted by molar-refractivity contribution is 4.81. The van der Waals surface area contributed by atoms with Gasteiger partial charge < -0.3 is 5.32 Å². The zero-order valence-corrected chi connectivity index (χ0v) is 8.02. The molecule has 1 heteroatoms. The second kappa shape index (κ2) is 4.27. The molecule has 1 atom stereocenters. The van der Waals surface area contributed by atoms with E-state index in [-0.39, 0.29) is 0 Å². The molecule has 1 saturated carbocycles. The summed E-state index contributed by atoms with van der Waals surface area (Å²) >= 11 is 0. The lowest BCUT2D eigenvalue weighted by Crippen LogP contribution is -2.40. The summed E-state index contributed by atoms with van der Waals surface area (Å²) < 4.78 is 0. The number of hydrogen-bond acceptors (Lipinski definition) is 1. The summed E-state index contributed by atoms with van der Waals surface area (Å²) in [6.07, 6.45) is 11.8. The fourth-order valence-electron chi connectivity index (χ4n) is 2.82. The number of rotatable bonds is 1. The van der Waals surface area contributed by atoms with Crippen molar-refractivity contribution < 1.29 is 0 Å². The van der Waals surface area contributed by atoms with E-state index in [2.05, 4.69) is 5.32 Å². The van der Waals surface area contributed by atoms with Crippen LogP contribution in [0, 0.1) is 5.92 Å². The first-order valence-corrected chi connectivity index (χ1v) is 5.70. The molecule has 2 fully saturated rings. The molecule has 1 saturated heterocycles. The number of nitrogens with one attached hydrogen (secondary N) is 1. The summed E-state index contributed by atoms with van der Waals surface area (Å²) in [4.78, 5) is 0. The van der Waals surface area contributed by atoms with Gasteiger partial charge in [-0.05, 0) is 38.1 Å². The van der Waals surface area contributed by atoms with Gasteiger partial charge in [0.05, 0.1) is 0 Å². The smallest absolute Gasteiger partial charge is 0.00953 e. The van der Waals surface area contributed by atoms with Gasteiger partial charge in [-0.15, -0.1) is 0 Å². The lowest BCUT2D eigenvalue weighted by Gasteiger charge is -2.33. The van der Waals surface area contributed by atoms with Crippen LogP contribution < -0.4 is 5.32 Å². The van der Waals surface area contributed by atoms with E-state index < -0.39 is 0 Å². The molecule has 1 aliphatic heterocycles. The third kappa shape index (κ3) is 2.01. The zero-order chi connectivity index (χ0) is 8.23. The van der Waals surface area contributed by atoms with Gasteiger partial charge >= 0.3 is 0 Å². The average molecular weight is 167 g/mol. The highest BCUT2D eigenvalue weighted by Crippen LogP contribution is 2.29. The highest BCUT2D eigenvalue weighted by Gasteiger charge is 2.24. The third-order valence-electron chi connectivity index (χ3n) is 3.57. The van der Waals surface area contributed by atoms with Gasteiger partial charge in [0, 0.05) is 6.04 Å². The predicted octanol–water partition coefficient (Wildman–Crippen LogP) is 2.71. The van der Waals surface area contributed by atoms with Crippen LogP contribution in [-0.2, 0) is 0 Å². The van der Waals surface area contributed by atoms with Crippen molar-refractivity contribution in [3.63, 3.8) is 0 Å². The zero-order valence-electron chi connectivity index (χ0n) is 8.02. The maximum Gasteiger partial charge on any atom is 0.00953 e. The lowest BCUT2D eigenvalue weighted by atomic mass is 9.81. The summed E-state index contributed by atoms with van der Waals surface area (Å²) in [5, 5.41) is 3.69. The first-order chi connectivity index (χ1) is 5.97. The lowest BCUT2D eigenvalue weighted by molar-refractivity contribution is 0.235. The van der Waals surface area contributed by atoms with Crippen molar-refractivity contribution in [3.05, 3.63) is 0 Å². The van der Waals surface area contributed by atoms with Crippen LogP contribution in [0.4, 0.5) is 0 Å². The predicted molar refractivity (Wildman–Crippen MR) is 52.2 cm³/mol. The largest absolute Gasteiger partial charge is 0.314 e. The molecule has 0 radical (unpaired) electrons. The van der Waals surface area contributed by atoms with Crippen LogP contribution in [0.15, 0.2) is 0 Å². The normalized spacial score (nSPS) is 33.5. The molecule has 0 aromatic rings. The Labute approximate surface area is 75.9 Å². The molecule has 1 heterocycles. The van der Waals surface area contributed by atoms with E-state index in [1.165, 1.54) is 57.9 Å². The fourth-order valence-corrected chi connectivity index (χ4v) is 2.82.